The minimum absolute atomic E-state index is 0.00828. The van der Waals surface area contributed by atoms with Gasteiger partial charge in [0.1, 0.15) is 11.5 Å². The second-order valence-electron chi connectivity index (χ2n) is 8.84. The quantitative estimate of drug-likeness (QED) is 0.565. The lowest BCUT2D eigenvalue weighted by Crippen LogP contribution is -2.31. The van der Waals surface area contributed by atoms with Gasteiger partial charge >= 0.3 is 6.09 Å². The van der Waals surface area contributed by atoms with E-state index in [9.17, 15) is 9.59 Å². The highest BCUT2D eigenvalue weighted by Gasteiger charge is 2.43. The van der Waals surface area contributed by atoms with Crippen molar-refractivity contribution in [2.24, 2.45) is 17.6 Å². The molecule has 1 aromatic heterocycles. The predicted molar refractivity (Wildman–Crippen MR) is 123 cm³/mol. The normalized spacial score (nSPS) is 21.4. The Balaban J connectivity index is 1.13. The average molecular weight is 466 g/mol. The number of primary amides is 1. The molecule has 9 heteroatoms. The van der Waals surface area contributed by atoms with Crippen LogP contribution in [-0.2, 0) is 11.3 Å². The second kappa shape index (κ2) is 9.24. The number of nitrogens with zero attached hydrogens (tertiary/aromatic N) is 2. The van der Waals surface area contributed by atoms with E-state index in [-0.39, 0.29) is 24.2 Å². The highest BCUT2D eigenvalue weighted by Crippen LogP contribution is 2.40. The zero-order chi connectivity index (χ0) is 23.7. The van der Waals surface area contributed by atoms with Crippen molar-refractivity contribution in [3.63, 3.8) is 0 Å². The lowest BCUT2D eigenvalue weighted by atomic mass is 10.0. The minimum Gasteiger partial charge on any atom is -0.494 e. The molecule has 3 atom stereocenters. The van der Waals surface area contributed by atoms with Crippen molar-refractivity contribution in [2.45, 2.75) is 32.5 Å². The molecule has 2 fully saturated rings. The molecule has 2 heterocycles. The number of hydrogen-bond acceptors (Lipinski definition) is 7. The van der Waals surface area contributed by atoms with Gasteiger partial charge in [0, 0.05) is 19.2 Å². The topological polar surface area (TPSA) is 117 Å². The molecular weight excluding hydrogens is 438 g/mol. The van der Waals surface area contributed by atoms with E-state index in [0.717, 1.165) is 35.1 Å². The van der Waals surface area contributed by atoms with Crippen molar-refractivity contribution >= 4 is 22.8 Å². The third-order valence-corrected chi connectivity index (χ3v) is 6.51. The number of ether oxygens (including phenoxy) is 3. The first-order chi connectivity index (χ1) is 16.5. The minimum atomic E-state index is -0.690. The van der Waals surface area contributed by atoms with Crippen molar-refractivity contribution in [2.75, 3.05) is 19.7 Å². The molecule has 9 nitrogen and oxygen atoms in total. The van der Waals surface area contributed by atoms with Crippen LogP contribution >= 0.6 is 0 Å². The molecule has 2 N–H and O–H groups in total. The number of aromatic nitrogens is 1. The summed E-state index contributed by atoms with van der Waals surface area (Å²) >= 11 is 0. The van der Waals surface area contributed by atoms with Gasteiger partial charge in [-0.05, 0) is 66.6 Å². The van der Waals surface area contributed by atoms with Crippen LogP contribution in [0.15, 0.2) is 47.0 Å². The Morgan fingerprint density at radius 1 is 1.06 bits per heavy atom. The number of hydrogen-bond donors (Lipinski definition) is 1. The van der Waals surface area contributed by atoms with Crippen molar-refractivity contribution in [3.8, 4) is 11.5 Å². The molecule has 3 aromatic rings. The molecule has 1 saturated carbocycles. The summed E-state index contributed by atoms with van der Waals surface area (Å²) in [7, 11) is 0. The van der Waals surface area contributed by atoms with Gasteiger partial charge in [0.05, 0.1) is 12.7 Å². The largest absolute Gasteiger partial charge is 0.494 e. The standard InChI is InChI=1S/C25H27N3O6/c1-2-31-19-5-3-15-4-6-20(8-16(15)7-19)33-21-9-17-12-28(13-18(17)10-21)25(30)32-14-22-11-23(24(26)29)27-34-22/h3-8,11,17-18,21H,2,9-10,12-14H2,1H3,(H2,26,29)/t17-,18+,21-. The smallest absolute Gasteiger partial charge is 0.410 e. The number of rotatable bonds is 7. The summed E-state index contributed by atoms with van der Waals surface area (Å²) in [6.07, 6.45) is 1.52. The number of likely N-dealkylation sites (tertiary alicyclic amines) is 1. The molecule has 5 rings (SSSR count). The van der Waals surface area contributed by atoms with E-state index in [1.807, 2.05) is 25.1 Å². The third kappa shape index (κ3) is 4.64. The van der Waals surface area contributed by atoms with Gasteiger partial charge in [0.25, 0.3) is 5.91 Å². The summed E-state index contributed by atoms with van der Waals surface area (Å²) < 4.78 is 22.2. The third-order valence-electron chi connectivity index (χ3n) is 6.51. The van der Waals surface area contributed by atoms with Crippen LogP contribution in [0.1, 0.15) is 36.0 Å². The van der Waals surface area contributed by atoms with Crippen LogP contribution in [0.3, 0.4) is 0 Å². The lowest BCUT2D eigenvalue weighted by Gasteiger charge is -2.20. The van der Waals surface area contributed by atoms with E-state index in [4.69, 9.17) is 24.5 Å². The molecule has 1 aliphatic heterocycles. The summed E-state index contributed by atoms with van der Waals surface area (Å²) in [5, 5.41) is 5.77. The van der Waals surface area contributed by atoms with Crippen LogP contribution < -0.4 is 15.2 Å². The van der Waals surface area contributed by atoms with Crippen LogP contribution in [0, 0.1) is 11.8 Å². The molecule has 1 aliphatic carbocycles. The molecule has 2 aliphatic rings. The molecule has 178 valence electrons. The molecule has 1 saturated heterocycles. The first kappa shape index (κ1) is 22.1. The highest BCUT2D eigenvalue weighted by molar-refractivity contribution is 5.90. The number of amides is 2. The van der Waals surface area contributed by atoms with Gasteiger partial charge in [-0.2, -0.15) is 0 Å². The van der Waals surface area contributed by atoms with Crippen LogP contribution in [-0.4, -0.2) is 47.9 Å². The fourth-order valence-corrected chi connectivity index (χ4v) is 4.94. The van der Waals surface area contributed by atoms with Crippen LogP contribution in [0.25, 0.3) is 10.8 Å². The predicted octanol–water partition coefficient (Wildman–Crippen LogP) is 3.75. The van der Waals surface area contributed by atoms with Crippen molar-refractivity contribution < 1.29 is 28.3 Å². The second-order valence-corrected chi connectivity index (χ2v) is 8.84. The van der Waals surface area contributed by atoms with E-state index in [1.54, 1.807) is 4.90 Å². The van der Waals surface area contributed by atoms with Crippen LogP contribution in [0.2, 0.25) is 0 Å². The van der Waals surface area contributed by atoms with E-state index >= 15 is 0 Å². The van der Waals surface area contributed by atoms with E-state index in [2.05, 4.69) is 23.4 Å². The maximum absolute atomic E-state index is 12.5. The fourth-order valence-electron chi connectivity index (χ4n) is 4.94. The monoisotopic (exact) mass is 465 g/mol. The van der Waals surface area contributed by atoms with Gasteiger partial charge in [0.2, 0.25) is 0 Å². The number of carbonyl (C=O) groups excluding carboxylic acids is 2. The number of benzene rings is 2. The van der Waals surface area contributed by atoms with E-state index < -0.39 is 12.0 Å². The molecule has 0 bridgehead atoms. The molecule has 2 amide bonds. The summed E-state index contributed by atoms with van der Waals surface area (Å²) in [5.41, 5.74) is 5.15. The van der Waals surface area contributed by atoms with Crippen molar-refractivity contribution in [1.29, 1.82) is 0 Å². The first-order valence-electron chi connectivity index (χ1n) is 11.5. The van der Waals surface area contributed by atoms with Crippen molar-refractivity contribution in [3.05, 3.63) is 53.9 Å². The van der Waals surface area contributed by atoms with Gasteiger partial charge in [-0.3, -0.25) is 4.79 Å². The molecule has 0 spiro atoms. The van der Waals surface area contributed by atoms with Gasteiger partial charge in [-0.15, -0.1) is 0 Å². The first-order valence-corrected chi connectivity index (χ1v) is 11.5. The van der Waals surface area contributed by atoms with E-state index in [1.165, 1.54) is 6.07 Å². The Bertz CT molecular complexity index is 1190. The van der Waals surface area contributed by atoms with Gasteiger partial charge in [0.15, 0.2) is 18.1 Å². The zero-order valence-electron chi connectivity index (χ0n) is 18.9. The number of fused-ring (bicyclic) bond motifs is 2. The SMILES string of the molecule is CCOc1ccc2ccc(O[C@@H]3C[C@@H]4CN(C(=O)OCc5cc(C(N)=O)no5)C[C@@H]4C3)cc2c1. The molecular formula is C25H27N3O6. The van der Waals surface area contributed by atoms with E-state index in [0.29, 0.717) is 31.5 Å². The average Bonchev–Trinajstić information content (AvgIpc) is 3.53. The Hall–Kier alpha value is -3.75. The number of nitrogens with two attached hydrogens (primary N) is 1. The van der Waals surface area contributed by atoms with Crippen molar-refractivity contribution in [1.82, 2.24) is 10.1 Å². The molecule has 0 radical (unpaired) electrons. The maximum atomic E-state index is 12.5. The Morgan fingerprint density at radius 2 is 1.76 bits per heavy atom. The molecule has 2 aromatic carbocycles. The lowest BCUT2D eigenvalue weighted by molar-refractivity contribution is 0.0899. The van der Waals surface area contributed by atoms with Gasteiger partial charge in [-0.1, -0.05) is 17.3 Å². The summed E-state index contributed by atoms with van der Waals surface area (Å²) in [6, 6.07) is 13.6. The molecule has 0 unspecified atom stereocenters. The Labute approximate surface area is 196 Å². The van der Waals surface area contributed by atoms with Gasteiger partial charge < -0.3 is 29.4 Å². The highest BCUT2D eigenvalue weighted by atomic mass is 16.6. The number of carbonyl (C=O) groups is 2. The van der Waals surface area contributed by atoms with Crippen LogP contribution in [0.5, 0.6) is 11.5 Å². The maximum Gasteiger partial charge on any atom is 0.410 e. The summed E-state index contributed by atoms with van der Waals surface area (Å²) in [4.78, 5) is 25.3. The zero-order valence-corrected chi connectivity index (χ0v) is 18.9. The van der Waals surface area contributed by atoms with Crippen LogP contribution in [0.4, 0.5) is 4.79 Å². The Kier molecular flexibility index (Phi) is 6.00. The summed E-state index contributed by atoms with van der Waals surface area (Å²) in [5.74, 6) is 2.06. The fraction of sp³-hybridized carbons (Fsp3) is 0.400. The summed E-state index contributed by atoms with van der Waals surface area (Å²) in [6.45, 7) is 3.79. The Morgan fingerprint density at radius 3 is 2.44 bits per heavy atom. The molecule has 34 heavy (non-hydrogen) atoms. The van der Waals surface area contributed by atoms with Gasteiger partial charge in [-0.25, -0.2) is 4.79 Å².